The van der Waals surface area contributed by atoms with E-state index < -0.39 is 0 Å². The van der Waals surface area contributed by atoms with E-state index in [9.17, 15) is 0 Å². The number of fused-ring (bicyclic) bond motifs is 1. The minimum atomic E-state index is 0. The van der Waals surface area contributed by atoms with Crippen LogP contribution in [0.1, 0.15) is 6.42 Å². The summed E-state index contributed by atoms with van der Waals surface area (Å²) in [5.74, 6) is 1.76. The van der Waals surface area contributed by atoms with E-state index in [-0.39, 0.29) is 12.4 Å². The molecule has 0 aromatic heterocycles. The molecule has 2 aliphatic rings. The number of nitrogens with one attached hydrogen (secondary N) is 1. The van der Waals surface area contributed by atoms with Crippen LogP contribution >= 0.6 is 12.4 Å². The first-order chi connectivity index (χ1) is 3.92. The van der Waals surface area contributed by atoms with Crippen molar-refractivity contribution in [1.29, 1.82) is 0 Å². The molecule has 1 saturated carbocycles. The zero-order valence-corrected chi connectivity index (χ0v) is 6.03. The normalized spacial score (nSPS) is 45.7. The molecule has 0 aromatic rings. The van der Waals surface area contributed by atoms with E-state index in [4.69, 9.17) is 5.11 Å². The first-order valence-electron chi connectivity index (χ1n) is 3.26. The fourth-order valence-corrected chi connectivity index (χ4v) is 1.65. The van der Waals surface area contributed by atoms with E-state index in [1.807, 2.05) is 0 Å². The molecule has 0 amide bonds. The van der Waals surface area contributed by atoms with Crippen LogP contribution < -0.4 is 5.32 Å². The highest BCUT2D eigenvalue weighted by Crippen LogP contribution is 2.44. The SMILES string of the molecule is Cl.OC[C@H]1NC[C@@H]2CC21. The summed E-state index contributed by atoms with van der Waals surface area (Å²) in [5.41, 5.74) is 0. The molecular formula is C6H12ClNO. The van der Waals surface area contributed by atoms with Gasteiger partial charge >= 0.3 is 0 Å². The fourth-order valence-electron chi connectivity index (χ4n) is 1.65. The van der Waals surface area contributed by atoms with Gasteiger partial charge in [-0.3, -0.25) is 0 Å². The highest BCUT2D eigenvalue weighted by molar-refractivity contribution is 5.85. The molecular weight excluding hydrogens is 138 g/mol. The standard InChI is InChI=1S/C6H11NO.ClH/c8-3-6-5-1-4(5)2-7-6;/h4-8H,1-3H2;1H/t4-,5?,6+;/m0./s1. The predicted octanol–water partition coefficient (Wildman–Crippen LogP) is 0.00840. The third-order valence-corrected chi connectivity index (χ3v) is 2.33. The average molecular weight is 150 g/mol. The maximum atomic E-state index is 8.70. The highest BCUT2D eigenvalue weighted by atomic mass is 35.5. The number of piperidine rings is 1. The lowest BCUT2D eigenvalue weighted by molar-refractivity contribution is 0.242. The Balaban J connectivity index is 0.000000405. The molecule has 1 aliphatic carbocycles. The topological polar surface area (TPSA) is 32.3 Å². The van der Waals surface area contributed by atoms with Crippen molar-refractivity contribution in [2.24, 2.45) is 11.8 Å². The second-order valence-electron chi connectivity index (χ2n) is 2.86. The van der Waals surface area contributed by atoms with Crippen LogP contribution in [0.3, 0.4) is 0 Å². The Morgan fingerprint density at radius 1 is 1.56 bits per heavy atom. The first kappa shape index (κ1) is 7.32. The molecule has 2 N–H and O–H groups in total. The first-order valence-corrected chi connectivity index (χ1v) is 3.26. The summed E-state index contributed by atoms with van der Waals surface area (Å²) >= 11 is 0. The predicted molar refractivity (Wildman–Crippen MR) is 37.7 cm³/mol. The minimum absolute atomic E-state index is 0. The molecule has 1 unspecified atom stereocenters. The maximum absolute atomic E-state index is 8.70. The molecule has 1 saturated heterocycles. The van der Waals surface area contributed by atoms with E-state index in [1.165, 1.54) is 6.42 Å². The number of aliphatic hydroxyl groups is 1. The highest BCUT2D eigenvalue weighted by Gasteiger charge is 2.47. The molecule has 3 atom stereocenters. The van der Waals surface area contributed by atoms with E-state index in [0.29, 0.717) is 12.6 Å². The Kier molecular flexibility index (Phi) is 1.99. The lowest BCUT2D eigenvalue weighted by Gasteiger charge is -2.06. The van der Waals surface area contributed by atoms with Gasteiger partial charge in [0.25, 0.3) is 0 Å². The van der Waals surface area contributed by atoms with Crippen molar-refractivity contribution < 1.29 is 5.11 Å². The molecule has 0 aromatic carbocycles. The van der Waals surface area contributed by atoms with Gasteiger partial charge in [-0.25, -0.2) is 0 Å². The van der Waals surface area contributed by atoms with Crippen LogP contribution in [0.15, 0.2) is 0 Å². The van der Waals surface area contributed by atoms with Crippen molar-refractivity contribution in [3.8, 4) is 0 Å². The zero-order valence-electron chi connectivity index (χ0n) is 5.21. The molecule has 2 rings (SSSR count). The van der Waals surface area contributed by atoms with Crippen LogP contribution in [0.5, 0.6) is 0 Å². The smallest absolute Gasteiger partial charge is 0.0587 e. The molecule has 1 heterocycles. The largest absolute Gasteiger partial charge is 0.395 e. The molecule has 0 spiro atoms. The van der Waals surface area contributed by atoms with Crippen LogP contribution in [-0.4, -0.2) is 24.3 Å². The van der Waals surface area contributed by atoms with Crippen LogP contribution in [-0.2, 0) is 0 Å². The van der Waals surface area contributed by atoms with E-state index >= 15 is 0 Å². The summed E-state index contributed by atoms with van der Waals surface area (Å²) in [6.45, 7) is 1.48. The van der Waals surface area contributed by atoms with Gasteiger partial charge < -0.3 is 10.4 Å². The summed E-state index contributed by atoms with van der Waals surface area (Å²) in [6.07, 6.45) is 1.36. The lowest BCUT2D eigenvalue weighted by atomic mass is 10.2. The molecule has 54 valence electrons. The Hall–Kier alpha value is 0.210. The van der Waals surface area contributed by atoms with Gasteiger partial charge in [0.2, 0.25) is 0 Å². The Labute approximate surface area is 61.0 Å². The molecule has 3 heteroatoms. The second-order valence-corrected chi connectivity index (χ2v) is 2.86. The molecule has 9 heavy (non-hydrogen) atoms. The van der Waals surface area contributed by atoms with Gasteiger partial charge in [-0.2, -0.15) is 0 Å². The summed E-state index contributed by atoms with van der Waals surface area (Å²) in [5, 5.41) is 12.0. The summed E-state index contributed by atoms with van der Waals surface area (Å²) in [6, 6.07) is 0.444. The van der Waals surface area contributed by atoms with Crippen molar-refractivity contribution in [3.63, 3.8) is 0 Å². The molecule has 2 fully saturated rings. The maximum Gasteiger partial charge on any atom is 0.0587 e. The number of aliphatic hydroxyl groups excluding tert-OH is 1. The third-order valence-electron chi connectivity index (χ3n) is 2.33. The number of halogens is 1. The number of hydrogen-bond donors (Lipinski definition) is 2. The van der Waals surface area contributed by atoms with Gasteiger partial charge in [0, 0.05) is 6.04 Å². The monoisotopic (exact) mass is 149 g/mol. The van der Waals surface area contributed by atoms with Crippen molar-refractivity contribution in [2.75, 3.05) is 13.2 Å². The Morgan fingerprint density at radius 3 is 2.56 bits per heavy atom. The van der Waals surface area contributed by atoms with E-state index in [0.717, 1.165) is 18.4 Å². The molecule has 1 aliphatic heterocycles. The summed E-state index contributed by atoms with van der Waals surface area (Å²) in [7, 11) is 0. The van der Waals surface area contributed by atoms with Crippen LogP contribution in [0, 0.1) is 11.8 Å². The molecule has 0 radical (unpaired) electrons. The van der Waals surface area contributed by atoms with Gasteiger partial charge in [-0.1, -0.05) is 0 Å². The van der Waals surface area contributed by atoms with Crippen LogP contribution in [0.25, 0.3) is 0 Å². The van der Waals surface area contributed by atoms with Crippen LogP contribution in [0.4, 0.5) is 0 Å². The molecule has 0 bridgehead atoms. The lowest BCUT2D eigenvalue weighted by Crippen LogP contribution is -2.29. The minimum Gasteiger partial charge on any atom is -0.395 e. The van der Waals surface area contributed by atoms with E-state index in [2.05, 4.69) is 5.32 Å². The molecule has 2 nitrogen and oxygen atoms in total. The third kappa shape index (κ3) is 1.07. The van der Waals surface area contributed by atoms with Crippen molar-refractivity contribution in [2.45, 2.75) is 12.5 Å². The number of rotatable bonds is 1. The quantitative estimate of drug-likeness (QED) is 0.551. The van der Waals surface area contributed by atoms with Crippen molar-refractivity contribution >= 4 is 12.4 Å². The van der Waals surface area contributed by atoms with E-state index in [1.54, 1.807) is 0 Å². The van der Waals surface area contributed by atoms with Gasteiger partial charge in [0.15, 0.2) is 0 Å². The van der Waals surface area contributed by atoms with Gasteiger partial charge in [-0.05, 0) is 24.8 Å². The van der Waals surface area contributed by atoms with Crippen LogP contribution in [0.2, 0.25) is 0 Å². The van der Waals surface area contributed by atoms with Gasteiger partial charge in [0.1, 0.15) is 0 Å². The summed E-state index contributed by atoms with van der Waals surface area (Å²) < 4.78 is 0. The average Bonchev–Trinajstić information content (AvgIpc) is 2.46. The summed E-state index contributed by atoms with van der Waals surface area (Å²) in [4.78, 5) is 0. The van der Waals surface area contributed by atoms with Crippen molar-refractivity contribution in [1.82, 2.24) is 5.32 Å². The Morgan fingerprint density at radius 2 is 2.33 bits per heavy atom. The van der Waals surface area contributed by atoms with Crippen molar-refractivity contribution in [3.05, 3.63) is 0 Å². The number of hydrogen-bond acceptors (Lipinski definition) is 2. The van der Waals surface area contributed by atoms with Gasteiger partial charge in [0.05, 0.1) is 6.61 Å². The Bertz CT molecular complexity index is 109. The zero-order chi connectivity index (χ0) is 5.56. The second kappa shape index (κ2) is 2.45. The fraction of sp³-hybridized carbons (Fsp3) is 1.00. The van der Waals surface area contributed by atoms with Gasteiger partial charge in [-0.15, -0.1) is 12.4 Å².